The number of nitrogens with zero attached hydrogens (tertiary/aromatic N) is 2. The number of carbonyl (C=O) groups excluding carboxylic acids is 1. The molecule has 0 aliphatic carbocycles. The highest BCUT2D eigenvalue weighted by Crippen LogP contribution is 2.51. The van der Waals surface area contributed by atoms with Crippen molar-refractivity contribution in [3.05, 3.63) is 28.8 Å². The Morgan fingerprint density at radius 1 is 1.06 bits per heavy atom. The van der Waals surface area contributed by atoms with Crippen LogP contribution in [0.15, 0.2) is 17.2 Å². The molecule has 33 heavy (non-hydrogen) atoms. The summed E-state index contributed by atoms with van der Waals surface area (Å²) in [6.45, 7) is 8.26. The Bertz CT molecular complexity index is 945. The predicted octanol–water partition coefficient (Wildman–Crippen LogP) is 5.15. The van der Waals surface area contributed by atoms with Crippen molar-refractivity contribution in [2.24, 2.45) is 10.5 Å². The van der Waals surface area contributed by atoms with Gasteiger partial charge in [-0.25, -0.2) is 0 Å². The minimum atomic E-state index is -6.58. The SMILES string of the molecule is Cc1cc(C)c(OCC(=O)N2N=C(C(F)(F)C(F)(F)C(F)(F)F)C[C@]2(O)C(C)(C)C)c(C)c1. The van der Waals surface area contributed by atoms with Crippen LogP contribution >= 0.6 is 0 Å². The summed E-state index contributed by atoms with van der Waals surface area (Å²) in [6, 6.07) is 3.51. The van der Waals surface area contributed by atoms with Crippen LogP contribution in [0.3, 0.4) is 0 Å². The van der Waals surface area contributed by atoms with E-state index in [0.717, 1.165) is 5.56 Å². The van der Waals surface area contributed by atoms with Gasteiger partial charge in [-0.3, -0.25) is 4.79 Å². The highest BCUT2D eigenvalue weighted by atomic mass is 19.4. The van der Waals surface area contributed by atoms with Crippen molar-refractivity contribution in [2.75, 3.05) is 6.61 Å². The van der Waals surface area contributed by atoms with Crippen molar-refractivity contribution < 1.29 is 45.4 Å². The number of hydrogen-bond donors (Lipinski definition) is 1. The van der Waals surface area contributed by atoms with Gasteiger partial charge in [0, 0.05) is 11.8 Å². The van der Waals surface area contributed by atoms with Crippen molar-refractivity contribution in [2.45, 2.75) is 71.7 Å². The zero-order valence-corrected chi connectivity index (χ0v) is 18.9. The molecule has 186 valence electrons. The van der Waals surface area contributed by atoms with Crippen LogP contribution in [0.5, 0.6) is 5.75 Å². The molecule has 0 saturated carbocycles. The zero-order chi connectivity index (χ0) is 25.8. The van der Waals surface area contributed by atoms with Crippen molar-refractivity contribution in [3.8, 4) is 5.75 Å². The number of alkyl halides is 7. The molecule has 0 fully saturated rings. The second-order valence-corrected chi connectivity index (χ2v) is 9.16. The Morgan fingerprint density at radius 2 is 1.55 bits per heavy atom. The van der Waals surface area contributed by atoms with Gasteiger partial charge < -0.3 is 9.84 Å². The van der Waals surface area contributed by atoms with Gasteiger partial charge in [0.2, 0.25) is 0 Å². The van der Waals surface area contributed by atoms with Gasteiger partial charge >= 0.3 is 18.0 Å². The molecule has 1 heterocycles. The lowest BCUT2D eigenvalue weighted by molar-refractivity contribution is -0.336. The average molecular weight is 486 g/mol. The summed E-state index contributed by atoms with van der Waals surface area (Å²) in [6.07, 6.45) is -8.00. The molecule has 0 saturated heterocycles. The van der Waals surface area contributed by atoms with Crippen molar-refractivity contribution in [1.82, 2.24) is 5.01 Å². The lowest BCUT2D eigenvalue weighted by atomic mass is 9.79. The van der Waals surface area contributed by atoms with Gasteiger partial charge in [0.1, 0.15) is 11.5 Å². The molecule has 0 aromatic heterocycles. The molecular weight excluding hydrogens is 461 g/mol. The smallest absolute Gasteiger partial charge is 0.460 e. The number of carbonyl (C=O) groups is 1. The molecule has 1 atom stereocenters. The molecule has 5 nitrogen and oxygen atoms in total. The number of aliphatic hydroxyl groups is 1. The van der Waals surface area contributed by atoms with E-state index in [-0.39, 0.29) is 5.01 Å². The molecule has 0 bridgehead atoms. The molecule has 0 unspecified atom stereocenters. The van der Waals surface area contributed by atoms with Crippen molar-refractivity contribution in [1.29, 1.82) is 0 Å². The molecule has 0 spiro atoms. The van der Waals surface area contributed by atoms with E-state index >= 15 is 0 Å². The van der Waals surface area contributed by atoms with Crippen LogP contribution < -0.4 is 4.74 Å². The lowest BCUT2D eigenvalue weighted by Gasteiger charge is -2.41. The summed E-state index contributed by atoms with van der Waals surface area (Å²) in [4.78, 5) is 12.8. The fourth-order valence-corrected chi connectivity index (χ4v) is 3.51. The van der Waals surface area contributed by atoms with E-state index in [1.165, 1.54) is 20.8 Å². The Labute approximate surface area is 186 Å². The van der Waals surface area contributed by atoms with Gasteiger partial charge in [0.05, 0.1) is 0 Å². The van der Waals surface area contributed by atoms with Crippen molar-refractivity contribution in [3.63, 3.8) is 0 Å². The summed E-state index contributed by atoms with van der Waals surface area (Å²) in [7, 11) is 0. The van der Waals surface area contributed by atoms with Gasteiger partial charge in [0.15, 0.2) is 12.3 Å². The van der Waals surface area contributed by atoms with Crippen LogP contribution in [-0.2, 0) is 4.79 Å². The Kier molecular flexibility index (Phi) is 6.63. The summed E-state index contributed by atoms with van der Waals surface area (Å²) < 4.78 is 99.0. The molecule has 12 heteroatoms. The van der Waals surface area contributed by atoms with E-state index in [4.69, 9.17) is 4.74 Å². The van der Waals surface area contributed by atoms with Gasteiger partial charge in [-0.05, 0) is 31.9 Å². The second-order valence-electron chi connectivity index (χ2n) is 9.16. The third-order valence-electron chi connectivity index (χ3n) is 5.48. The zero-order valence-electron chi connectivity index (χ0n) is 18.9. The third kappa shape index (κ3) is 4.53. The number of hydrazone groups is 1. The number of hydrogen-bond acceptors (Lipinski definition) is 4. The molecule has 1 aliphatic heterocycles. The van der Waals surface area contributed by atoms with Gasteiger partial charge in [-0.1, -0.05) is 38.5 Å². The first-order chi connectivity index (χ1) is 14.7. The van der Waals surface area contributed by atoms with E-state index in [0.29, 0.717) is 16.9 Å². The highest BCUT2D eigenvalue weighted by molar-refractivity contribution is 5.96. The Morgan fingerprint density at radius 3 is 1.97 bits per heavy atom. The average Bonchev–Trinajstić information content (AvgIpc) is 2.99. The second kappa shape index (κ2) is 8.14. The number of rotatable bonds is 5. The molecule has 1 aromatic rings. The first kappa shape index (κ1) is 26.9. The summed E-state index contributed by atoms with van der Waals surface area (Å²) >= 11 is 0. The third-order valence-corrected chi connectivity index (χ3v) is 5.48. The minimum absolute atomic E-state index is 0.113. The maximum atomic E-state index is 14.3. The lowest BCUT2D eigenvalue weighted by Crippen LogP contribution is -2.58. The maximum absolute atomic E-state index is 14.3. The van der Waals surface area contributed by atoms with Gasteiger partial charge in [-0.15, -0.1) is 0 Å². The summed E-state index contributed by atoms with van der Waals surface area (Å²) in [5.41, 5.74) is -3.81. The Balaban J connectivity index is 2.43. The van der Waals surface area contributed by atoms with E-state index in [1.54, 1.807) is 26.0 Å². The molecule has 1 aromatic carbocycles. The van der Waals surface area contributed by atoms with Crippen LogP contribution in [0.2, 0.25) is 0 Å². The summed E-state index contributed by atoms with van der Waals surface area (Å²) in [5.74, 6) is -13.2. The minimum Gasteiger partial charge on any atom is -0.483 e. The quantitative estimate of drug-likeness (QED) is 0.586. The maximum Gasteiger partial charge on any atom is 0.460 e. The van der Waals surface area contributed by atoms with Crippen LogP contribution in [-0.4, -0.2) is 52.1 Å². The molecule has 1 aliphatic rings. The van der Waals surface area contributed by atoms with Gasteiger partial charge in [0.25, 0.3) is 5.91 Å². The highest BCUT2D eigenvalue weighted by Gasteiger charge is 2.76. The summed E-state index contributed by atoms with van der Waals surface area (Å²) in [5, 5.41) is 14.2. The Hall–Kier alpha value is -2.37. The van der Waals surface area contributed by atoms with E-state index < -0.39 is 53.8 Å². The number of amides is 1. The molecule has 2 rings (SSSR count). The van der Waals surface area contributed by atoms with Gasteiger partial charge in [-0.2, -0.15) is 40.8 Å². The van der Waals surface area contributed by atoms with Crippen molar-refractivity contribution >= 4 is 11.6 Å². The van der Waals surface area contributed by atoms with E-state index in [2.05, 4.69) is 5.10 Å². The van der Waals surface area contributed by atoms with E-state index in [9.17, 15) is 40.6 Å². The topological polar surface area (TPSA) is 62.1 Å². The largest absolute Gasteiger partial charge is 0.483 e. The van der Waals surface area contributed by atoms with Crippen LogP contribution in [0.4, 0.5) is 30.7 Å². The first-order valence-corrected chi connectivity index (χ1v) is 9.83. The number of aryl methyl sites for hydroxylation is 3. The number of halogens is 7. The number of ether oxygens (including phenoxy) is 1. The van der Waals surface area contributed by atoms with Crippen LogP contribution in [0, 0.1) is 26.2 Å². The molecule has 1 N–H and O–H groups in total. The normalized spacial score (nSPS) is 20.2. The molecule has 1 amide bonds. The standard InChI is InChI=1S/C21H25F7N2O3/c1-11-7-12(2)16(13(3)8-11)33-10-15(31)30-18(32,17(4,5)6)9-14(29-30)19(22,23)20(24,25)21(26,27)28/h7-8,32H,9-10H2,1-6H3/t18-/m0/s1. The molecule has 0 radical (unpaired) electrons. The fourth-order valence-electron chi connectivity index (χ4n) is 3.51. The first-order valence-electron chi connectivity index (χ1n) is 9.83. The molecular formula is C21H25F7N2O3. The monoisotopic (exact) mass is 486 g/mol. The van der Waals surface area contributed by atoms with Crippen LogP contribution in [0.1, 0.15) is 43.9 Å². The van der Waals surface area contributed by atoms with Crippen LogP contribution in [0.25, 0.3) is 0 Å². The fraction of sp³-hybridized carbons (Fsp3) is 0.619. The predicted molar refractivity (Wildman–Crippen MR) is 105 cm³/mol. The van der Waals surface area contributed by atoms with E-state index in [1.807, 2.05) is 6.92 Å². The number of benzene rings is 1.